The molecular formula is C48H63N9O6S. The Labute approximate surface area is 379 Å². The maximum Gasteiger partial charge on any atom is 0.324 e. The van der Waals surface area contributed by atoms with E-state index in [4.69, 9.17) is 19.4 Å². The maximum atomic E-state index is 14.7. The predicted molar refractivity (Wildman–Crippen MR) is 245 cm³/mol. The van der Waals surface area contributed by atoms with Crippen molar-refractivity contribution in [3.05, 3.63) is 58.2 Å². The summed E-state index contributed by atoms with van der Waals surface area (Å²) in [5.41, 5.74) is 9.58. The molecule has 0 saturated carbocycles. The van der Waals surface area contributed by atoms with Gasteiger partial charge in [-0.3, -0.25) is 34.1 Å². The lowest BCUT2D eigenvalue weighted by atomic mass is 9.84. The molecule has 5 aliphatic rings. The summed E-state index contributed by atoms with van der Waals surface area (Å²) in [4.78, 5) is 70.7. The number of fused-ring (bicyclic) bond motifs is 8. The molecule has 4 saturated heterocycles. The number of pyridine rings is 1. The molecule has 0 spiro atoms. The van der Waals surface area contributed by atoms with Crippen LogP contribution in [0, 0.1) is 11.3 Å². The number of likely N-dealkylation sites (tertiary alicyclic amines) is 1. The van der Waals surface area contributed by atoms with Gasteiger partial charge in [-0.15, -0.1) is 11.3 Å². The third-order valence-electron chi connectivity index (χ3n) is 13.9. The van der Waals surface area contributed by atoms with Crippen LogP contribution in [-0.4, -0.2) is 129 Å². The molecule has 16 heteroatoms. The van der Waals surface area contributed by atoms with Gasteiger partial charge in [-0.05, 0) is 81.7 Å². The van der Waals surface area contributed by atoms with E-state index in [1.807, 2.05) is 37.1 Å². The Morgan fingerprint density at radius 2 is 1.86 bits per heavy atom. The molecule has 4 fully saturated rings. The summed E-state index contributed by atoms with van der Waals surface area (Å²) in [6.45, 7) is 15.7. The van der Waals surface area contributed by atoms with Gasteiger partial charge >= 0.3 is 5.97 Å². The van der Waals surface area contributed by atoms with Crippen molar-refractivity contribution < 1.29 is 28.7 Å². The number of hydrogen-bond donors (Lipinski definition) is 3. The zero-order chi connectivity index (χ0) is 45.0. The highest BCUT2D eigenvalue weighted by Crippen LogP contribution is 2.42. The van der Waals surface area contributed by atoms with Crippen LogP contribution in [-0.2, 0) is 48.0 Å². The number of amides is 3. The second-order valence-corrected chi connectivity index (χ2v) is 20.4. The van der Waals surface area contributed by atoms with Crippen molar-refractivity contribution in [3.8, 4) is 22.5 Å². The van der Waals surface area contributed by atoms with Crippen LogP contribution < -0.4 is 16.1 Å². The Hall–Kier alpha value is -4.74. The van der Waals surface area contributed by atoms with Crippen LogP contribution in [0.15, 0.2) is 41.9 Å². The van der Waals surface area contributed by atoms with Gasteiger partial charge in [-0.25, -0.2) is 10.4 Å². The lowest BCUT2D eigenvalue weighted by Crippen LogP contribution is -2.65. The van der Waals surface area contributed by atoms with E-state index in [-0.39, 0.29) is 60.9 Å². The largest absolute Gasteiger partial charge is 0.464 e. The van der Waals surface area contributed by atoms with E-state index < -0.39 is 29.5 Å². The van der Waals surface area contributed by atoms with Crippen LogP contribution in [0.5, 0.6) is 0 Å². The van der Waals surface area contributed by atoms with E-state index >= 15 is 0 Å². The summed E-state index contributed by atoms with van der Waals surface area (Å²) in [6.07, 6.45) is 5.28. The number of thiazole rings is 1. The number of carbonyl (C=O) groups is 4. The number of carbonyl (C=O) groups excluding carboxylic acids is 4. The minimum absolute atomic E-state index is 0.0521. The molecule has 7 atom stereocenters. The molecule has 8 heterocycles. The average Bonchev–Trinajstić information content (AvgIpc) is 3.90. The fourth-order valence-corrected chi connectivity index (χ4v) is 11.5. The number of benzene rings is 1. The molecule has 1 aromatic carbocycles. The molecule has 8 bridgehead atoms. The fourth-order valence-electron chi connectivity index (χ4n) is 10.6. The summed E-state index contributed by atoms with van der Waals surface area (Å²) in [5, 5.41) is 11.7. The molecular weight excluding hydrogens is 831 g/mol. The van der Waals surface area contributed by atoms with Gasteiger partial charge in [-0.1, -0.05) is 33.8 Å². The topological polar surface area (TPSA) is 173 Å². The Kier molecular flexibility index (Phi) is 12.4. The molecule has 342 valence electrons. The lowest BCUT2D eigenvalue weighted by Gasteiger charge is -2.46. The summed E-state index contributed by atoms with van der Waals surface area (Å²) in [7, 11) is 1.70. The smallest absolute Gasteiger partial charge is 0.324 e. The summed E-state index contributed by atoms with van der Waals surface area (Å²) < 4.78 is 14.3. The van der Waals surface area contributed by atoms with Crippen molar-refractivity contribution >= 4 is 45.9 Å². The Morgan fingerprint density at radius 3 is 2.56 bits per heavy atom. The molecule has 3 amide bonds. The molecule has 0 aliphatic carbocycles. The zero-order valence-electron chi connectivity index (χ0n) is 38.2. The second-order valence-electron chi connectivity index (χ2n) is 19.5. The number of aryl methyl sites for hydroxylation is 1. The monoisotopic (exact) mass is 893 g/mol. The van der Waals surface area contributed by atoms with E-state index in [0.29, 0.717) is 43.9 Å². The highest BCUT2D eigenvalue weighted by molar-refractivity contribution is 7.10. The van der Waals surface area contributed by atoms with E-state index in [1.54, 1.807) is 13.3 Å². The number of hydrogen-bond acceptors (Lipinski definition) is 12. The van der Waals surface area contributed by atoms with Gasteiger partial charge in [0.25, 0.3) is 5.91 Å². The van der Waals surface area contributed by atoms with E-state index in [2.05, 4.69) is 70.6 Å². The molecule has 64 heavy (non-hydrogen) atoms. The minimum Gasteiger partial charge on any atom is -0.464 e. The summed E-state index contributed by atoms with van der Waals surface area (Å²) in [6, 6.07) is 8.41. The number of aromatic nitrogens is 3. The number of nitrogens with zero attached hydrogens (tertiary/aromatic N) is 6. The van der Waals surface area contributed by atoms with E-state index in [1.165, 1.54) is 16.3 Å². The first-order chi connectivity index (χ1) is 30.7. The van der Waals surface area contributed by atoms with E-state index in [0.717, 1.165) is 70.6 Å². The van der Waals surface area contributed by atoms with Crippen molar-refractivity contribution in [3.63, 3.8) is 0 Å². The Morgan fingerprint density at radius 1 is 1.09 bits per heavy atom. The number of nitrogens with one attached hydrogen (secondary N) is 3. The first-order valence-corrected chi connectivity index (χ1v) is 24.0. The van der Waals surface area contributed by atoms with Crippen molar-refractivity contribution in [2.24, 2.45) is 11.3 Å². The third-order valence-corrected chi connectivity index (χ3v) is 14.8. The Bertz CT molecular complexity index is 2410. The predicted octanol–water partition coefficient (Wildman–Crippen LogP) is 4.87. The third kappa shape index (κ3) is 8.59. The van der Waals surface area contributed by atoms with Gasteiger partial charge < -0.3 is 29.6 Å². The van der Waals surface area contributed by atoms with Crippen molar-refractivity contribution in [2.45, 2.75) is 129 Å². The first kappa shape index (κ1) is 44.5. The normalized spacial score (nSPS) is 25.8. The highest BCUT2D eigenvalue weighted by atomic mass is 32.1. The second kappa shape index (κ2) is 17.9. The van der Waals surface area contributed by atoms with Gasteiger partial charge in [0, 0.05) is 97.4 Å². The number of hydrazine groups is 1. The summed E-state index contributed by atoms with van der Waals surface area (Å²) in [5.74, 6) is -0.853. The zero-order valence-corrected chi connectivity index (χ0v) is 39.0. The number of methoxy groups -OCH3 is 1. The molecule has 5 aliphatic heterocycles. The SMILES string of the molecule is CCn1c(-c2cccnc2[C@H](C)OC)c2c3cc(ccc31)-c1csc(n1)C[C@H](NC(=O)C(C(C)C)N1C3CCC1CN(C(=O)[C@@H]1CN1)C3)C(=O)N1CCC[C@H](N1)C(=O)OCC(C)(C)C2. The van der Waals surface area contributed by atoms with E-state index in [9.17, 15) is 19.2 Å². The number of esters is 1. The molecule has 0 radical (unpaired) electrons. The van der Waals surface area contributed by atoms with Gasteiger partial charge in [0.2, 0.25) is 11.8 Å². The van der Waals surface area contributed by atoms with Crippen LogP contribution in [0.2, 0.25) is 0 Å². The Balaban J connectivity index is 1.08. The van der Waals surface area contributed by atoms with Gasteiger partial charge in [-0.2, -0.15) is 0 Å². The molecule has 3 unspecified atom stereocenters. The number of ether oxygens (including phenoxy) is 2. The molecule has 9 rings (SSSR count). The molecule has 4 aromatic rings. The maximum absolute atomic E-state index is 14.7. The van der Waals surface area contributed by atoms with Crippen LogP contribution in [0.25, 0.3) is 33.4 Å². The van der Waals surface area contributed by atoms with Gasteiger partial charge in [0.15, 0.2) is 0 Å². The summed E-state index contributed by atoms with van der Waals surface area (Å²) >= 11 is 1.47. The van der Waals surface area contributed by atoms with Gasteiger partial charge in [0.05, 0.1) is 46.9 Å². The van der Waals surface area contributed by atoms with Crippen molar-refractivity contribution in [1.82, 2.24) is 45.4 Å². The van der Waals surface area contributed by atoms with Crippen molar-refractivity contribution in [2.75, 3.05) is 39.9 Å². The molecule has 15 nitrogen and oxygen atoms in total. The van der Waals surface area contributed by atoms with Gasteiger partial charge in [0.1, 0.15) is 12.1 Å². The van der Waals surface area contributed by atoms with Crippen LogP contribution in [0.3, 0.4) is 0 Å². The standard InChI is InChI=1S/C48H63N9O6S/c1-8-55-39-16-13-29-19-33(39)34(43(55)32-11-9-17-49-41(32)28(4)62-7)21-48(5,6)26-63-47(61)35-12-10-18-56(53-35)46(60)36(20-40-51-38(29)25-64-40)52-44(58)42(27(2)3)57-30-14-15-31(57)24-54(23-30)45(59)37-22-50-37/h9,11,13,16-17,19,25,27-28,30-31,35-37,42,50,53H,8,10,12,14-15,18,20-24,26H2,1-7H3,(H,52,58)/t28-,30?,31?,35-,36-,37-,42?/m0/s1. The van der Waals surface area contributed by atoms with Crippen molar-refractivity contribution in [1.29, 1.82) is 0 Å². The fraction of sp³-hybridized carbons (Fsp3) is 0.583. The van der Waals surface area contributed by atoms with Crippen LogP contribution in [0.1, 0.15) is 89.6 Å². The molecule has 3 aromatic heterocycles. The number of piperazine rings is 1. The number of rotatable bonds is 9. The first-order valence-electron chi connectivity index (χ1n) is 23.2. The van der Waals surface area contributed by atoms with Crippen LogP contribution >= 0.6 is 11.3 Å². The highest BCUT2D eigenvalue weighted by Gasteiger charge is 2.49. The van der Waals surface area contributed by atoms with Crippen LogP contribution in [0.4, 0.5) is 0 Å². The number of cyclic esters (lactones) is 1. The molecule has 3 N–H and O–H groups in total. The average molecular weight is 894 g/mol. The lowest BCUT2D eigenvalue weighted by molar-refractivity contribution is -0.155. The minimum atomic E-state index is -0.951. The quantitative estimate of drug-likeness (QED) is 0.155.